The molecule has 1 aromatic carbocycles. The van der Waals surface area contributed by atoms with Gasteiger partial charge in [-0.3, -0.25) is 9.20 Å². The van der Waals surface area contributed by atoms with Crippen LogP contribution in [-0.2, 0) is 4.79 Å². The molecule has 8 nitrogen and oxygen atoms in total. The van der Waals surface area contributed by atoms with Crippen LogP contribution in [0.4, 0.5) is 5.82 Å². The van der Waals surface area contributed by atoms with E-state index in [4.69, 9.17) is 21.2 Å². The number of imidazole rings is 1. The zero-order chi connectivity index (χ0) is 20.8. The molecule has 0 aliphatic heterocycles. The number of rotatable bonds is 4. The number of para-hydroxylation sites is 1. The van der Waals surface area contributed by atoms with E-state index in [0.29, 0.717) is 5.82 Å². The van der Waals surface area contributed by atoms with Crippen LogP contribution in [0.3, 0.4) is 0 Å². The average Bonchev–Trinajstić information content (AvgIpc) is 3.36. The van der Waals surface area contributed by atoms with E-state index in [1.807, 2.05) is 28.8 Å². The number of amides is 1. The van der Waals surface area contributed by atoms with Crippen LogP contribution >= 0.6 is 0 Å². The zero-order valence-electron chi connectivity index (χ0n) is 16.8. The van der Waals surface area contributed by atoms with Crippen LogP contribution in [0.1, 0.15) is 37.4 Å². The van der Waals surface area contributed by atoms with Crippen molar-refractivity contribution in [1.29, 1.82) is 0 Å². The van der Waals surface area contributed by atoms with Gasteiger partial charge in [0, 0.05) is 29.6 Å². The second-order valence-electron chi connectivity index (χ2n) is 7.91. The third kappa shape index (κ3) is 2.87. The number of carbonyl (C=O) groups is 1. The van der Waals surface area contributed by atoms with Gasteiger partial charge in [0.25, 0.3) is 0 Å². The number of hydrogen-bond acceptors (Lipinski definition) is 5. The van der Waals surface area contributed by atoms with Crippen LogP contribution < -0.4 is 16.2 Å². The number of carbonyl (C=O) groups excluding carboxylic acids is 1. The van der Waals surface area contributed by atoms with E-state index in [2.05, 4.69) is 16.0 Å². The fourth-order valence-corrected chi connectivity index (χ4v) is 4.63. The first-order chi connectivity index (χ1) is 14.6. The number of nitrogens with zero attached hydrogens (tertiary/aromatic N) is 3. The van der Waals surface area contributed by atoms with E-state index in [1.165, 1.54) is 0 Å². The number of fused-ring (bicyclic) bond motifs is 2. The molecule has 3 aromatic heterocycles. The van der Waals surface area contributed by atoms with Crippen molar-refractivity contribution in [2.75, 3.05) is 12.8 Å². The van der Waals surface area contributed by atoms with Crippen molar-refractivity contribution in [3.63, 3.8) is 0 Å². The predicted octanol–water partition coefficient (Wildman–Crippen LogP) is 3.23. The van der Waals surface area contributed by atoms with Gasteiger partial charge in [0.2, 0.25) is 5.91 Å². The largest absolute Gasteiger partial charge is 0.495 e. The minimum atomic E-state index is -0.206. The van der Waals surface area contributed by atoms with Gasteiger partial charge in [0.1, 0.15) is 28.6 Å². The first-order valence-corrected chi connectivity index (χ1v) is 10.1. The number of benzene rings is 1. The molecule has 0 atom stereocenters. The normalized spacial score (nSPS) is 19.4. The maximum atomic E-state index is 11.5. The summed E-state index contributed by atoms with van der Waals surface area (Å²) in [5.41, 5.74) is 15.1. The Morgan fingerprint density at radius 2 is 2.07 bits per heavy atom. The highest BCUT2D eigenvalue weighted by Gasteiger charge is 2.29. The highest BCUT2D eigenvalue weighted by atomic mass is 16.5. The summed E-state index contributed by atoms with van der Waals surface area (Å²) < 4.78 is 7.52. The Hall–Kier alpha value is -3.55. The topological polar surface area (TPSA) is 124 Å². The van der Waals surface area contributed by atoms with Crippen molar-refractivity contribution in [3.8, 4) is 17.1 Å². The first-order valence-electron chi connectivity index (χ1n) is 10.1. The molecule has 3 heterocycles. The van der Waals surface area contributed by atoms with Gasteiger partial charge in [0.05, 0.1) is 18.3 Å². The molecule has 1 amide bonds. The molecule has 1 aliphatic carbocycles. The molecule has 0 unspecified atom stereocenters. The molecule has 5 rings (SSSR count). The molecule has 4 aromatic rings. The van der Waals surface area contributed by atoms with Gasteiger partial charge in [-0.1, -0.05) is 12.1 Å². The Kier molecular flexibility index (Phi) is 4.34. The number of aromatic nitrogens is 4. The van der Waals surface area contributed by atoms with Crippen molar-refractivity contribution < 1.29 is 9.53 Å². The van der Waals surface area contributed by atoms with Gasteiger partial charge in [-0.05, 0) is 37.8 Å². The fourth-order valence-electron chi connectivity index (χ4n) is 4.63. The Morgan fingerprint density at radius 1 is 1.27 bits per heavy atom. The number of primary amides is 1. The summed E-state index contributed by atoms with van der Waals surface area (Å²) >= 11 is 0. The summed E-state index contributed by atoms with van der Waals surface area (Å²) in [5, 5.41) is 1.04. The molecule has 154 valence electrons. The van der Waals surface area contributed by atoms with Gasteiger partial charge >= 0.3 is 0 Å². The summed E-state index contributed by atoms with van der Waals surface area (Å²) in [6.07, 6.45) is 6.91. The molecule has 0 bridgehead atoms. The summed E-state index contributed by atoms with van der Waals surface area (Å²) in [4.78, 5) is 24.3. The second-order valence-corrected chi connectivity index (χ2v) is 7.91. The minimum Gasteiger partial charge on any atom is -0.495 e. The standard InChI is InChI=1S/C22H24N6O2/c1-30-16-4-2-3-14-11-15(26-17(14)16)18-19-20(23)25-9-10-28(19)22(27-18)13-7-5-12(6-8-13)21(24)29/h2-4,9-13,26H,5-8H2,1H3,(H2,23,25)(H2,24,29)/t12-,13-. The van der Waals surface area contributed by atoms with Gasteiger partial charge in [-0.25, -0.2) is 9.97 Å². The molecule has 30 heavy (non-hydrogen) atoms. The smallest absolute Gasteiger partial charge is 0.220 e. The zero-order valence-corrected chi connectivity index (χ0v) is 16.8. The maximum Gasteiger partial charge on any atom is 0.220 e. The third-order valence-electron chi connectivity index (χ3n) is 6.20. The lowest BCUT2D eigenvalue weighted by Gasteiger charge is -2.25. The number of H-pyrrole nitrogens is 1. The van der Waals surface area contributed by atoms with Gasteiger partial charge < -0.3 is 21.2 Å². The lowest BCUT2D eigenvalue weighted by molar-refractivity contribution is -0.122. The van der Waals surface area contributed by atoms with Crippen molar-refractivity contribution >= 4 is 28.1 Å². The van der Waals surface area contributed by atoms with Crippen LogP contribution in [-0.4, -0.2) is 32.4 Å². The van der Waals surface area contributed by atoms with Crippen molar-refractivity contribution in [2.24, 2.45) is 11.7 Å². The summed E-state index contributed by atoms with van der Waals surface area (Å²) in [6.45, 7) is 0. The molecule has 0 saturated heterocycles. The number of hydrogen-bond donors (Lipinski definition) is 3. The average molecular weight is 404 g/mol. The van der Waals surface area contributed by atoms with E-state index in [0.717, 1.165) is 65.1 Å². The molecular weight excluding hydrogens is 380 g/mol. The van der Waals surface area contributed by atoms with Crippen molar-refractivity contribution in [3.05, 3.63) is 42.5 Å². The number of nitrogen functional groups attached to an aromatic ring is 1. The highest BCUT2D eigenvalue weighted by Crippen LogP contribution is 2.39. The van der Waals surface area contributed by atoms with Crippen molar-refractivity contribution in [1.82, 2.24) is 19.4 Å². The highest BCUT2D eigenvalue weighted by molar-refractivity contribution is 5.93. The number of nitrogens with two attached hydrogens (primary N) is 2. The lowest BCUT2D eigenvalue weighted by atomic mass is 9.81. The molecule has 0 radical (unpaired) electrons. The summed E-state index contributed by atoms with van der Waals surface area (Å²) in [7, 11) is 1.66. The molecule has 0 spiro atoms. The molecular formula is C22H24N6O2. The van der Waals surface area contributed by atoms with Crippen LogP contribution in [0.15, 0.2) is 36.7 Å². The molecule has 1 fully saturated rings. The van der Waals surface area contributed by atoms with Crippen LogP contribution in [0.2, 0.25) is 0 Å². The summed E-state index contributed by atoms with van der Waals surface area (Å²) in [6, 6.07) is 7.97. The lowest BCUT2D eigenvalue weighted by Crippen LogP contribution is -2.27. The van der Waals surface area contributed by atoms with Crippen LogP contribution in [0.5, 0.6) is 5.75 Å². The van der Waals surface area contributed by atoms with E-state index >= 15 is 0 Å². The Morgan fingerprint density at radius 3 is 2.80 bits per heavy atom. The monoisotopic (exact) mass is 404 g/mol. The van der Waals surface area contributed by atoms with E-state index in [-0.39, 0.29) is 17.7 Å². The number of aromatic amines is 1. The molecule has 5 N–H and O–H groups in total. The molecule has 8 heteroatoms. The molecule has 1 saturated carbocycles. The van der Waals surface area contributed by atoms with E-state index in [9.17, 15) is 4.79 Å². The van der Waals surface area contributed by atoms with Gasteiger partial charge in [-0.15, -0.1) is 0 Å². The SMILES string of the molecule is COc1cccc2cc(-c3nc([C@H]4CC[C@H](C(N)=O)CC4)n4ccnc(N)c34)[nH]c12. The third-order valence-corrected chi connectivity index (χ3v) is 6.20. The first kappa shape index (κ1) is 18.5. The Balaban J connectivity index is 1.63. The second kappa shape index (κ2) is 7.05. The Labute approximate surface area is 173 Å². The van der Waals surface area contributed by atoms with Crippen LogP contribution in [0, 0.1) is 5.92 Å². The number of methoxy groups -OCH3 is 1. The number of anilines is 1. The molecule has 1 aliphatic rings. The minimum absolute atomic E-state index is 0.0418. The number of ether oxygens (including phenoxy) is 1. The van der Waals surface area contributed by atoms with Crippen molar-refractivity contribution in [2.45, 2.75) is 31.6 Å². The predicted molar refractivity (Wildman–Crippen MR) is 115 cm³/mol. The maximum absolute atomic E-state index is 11.5. The fraction of sp³-hybridized carbons (Fsp3) is 0.318. The van der Waals surface area contributed by atoms with E-state index in [1.54, 1.807) is 13.3 Å². The quantitative estimate of drug-likeness (QED) is 0.482. The summed E-state index contributed by atoms with van der Waals surface area (Å²) in [5.74, 6) is 2.15. The van der Waals surface area contributed by atoms with Gasteiger partial charge in [0.15, 0.2) is 0 Å². The van der Waals surface area contributed by atoms with E-state index < -0.39 is 0 Å². The van der Waals surface area contributed by atoms with Gasteiger partial charge in [-0.2, -0.15) is 0 Å². The van der Waals surface area contributed by atoms with Crippen LogP contribution in [0.25, 0.3) is 27.8 Å². The number of nitrogens with one attached hydrogen (secondary N) is 1. The Bertz CT molecular complexity index is 1250.